The minimum Gasteiger partial charge on any atom is -0.357 e. The SMILES string of the molecule is C=CCNc1nnc(SCC(=C)Cl)s1. The summed E-state index contributed by atoms with van der Waals surface area (Å²) in [4.78, 5) is 0. The summed E-state index contributed by atoms with van der Waals surface area (Å²) in [5.41, 5.74) is 0. The number of nitrogens with one attached hydrogen (secondary N) is 1. The van der Waals surface area contributed by atoms with Gasteiger partial charge in [-0.25, -0.2) is 0 Å². The number of aromatic nitrogens is 2. The lowest BCUT2D eigenvalue weighted by Gasteiger charge is -1.93. The quantitative estimate of drug-likeness (QED) is 0.620. The number of nitrogens with zero attached hydrogens (tertiary/aromatic N) is 2. The first-order chi connectivity index (χ1) is 6.72. The molecule has 1 heterocycles. The zero-order valence-corrected chi connectivity index (χ0v) is 9.88. The van der Waals surface area contributed by atoms with E-state index in [1.54, 1.807) is 6.08 Å². The van der Waals surface area contributed by atoms with Crippen molar-refractivity contribution in [3.05, 3.63) is 24.3 Å². The second-order valence-corrected chi connectivity index (χ2v) is 5.08. The van der Waals surface area contributed by atoms with Gasteiger partial charge in [-0.15, -0.1) is 16.8 Å². The number of thioether (sulfide) groups is 1. The van der Waals surface area contributed by atoms with Crippen LogP contribution in [0.2, 0.25) is 0 Å². The zero-order chi connectivity index (χ0) is 10.4. The molecule has 1 N–H and O–H groups in total. The summed E-state index contributed by atoms with van der Waals surface area (Å²) < 4.78 is 0.887. The number of hydrogen-bond donors (Lipinski definition) is 1. The van der Waals surface area contributed by atoms with E-state index in [1.807, 2.05) is 0 Å². The number of hydrogen-bond acceptors (Lipinski definition) is 5. The molecule has 0 saturated carbocycles. The molecule has 1 aromatic rings. The third kappa shape index (κ3) is 4.13. The van der Waals surface area contributed by atoms with Gasteiger partial charge in [0.05, 0.1) is 0 Å². The Kier molecular flexibility index (Phi) is 5.00. The van der Waals surface area contributed by atoms with Crippen molar-refractivity contribution in [3.63, 3.8) is 0 Å². The van der Waals surface area contributed by atoms with E-state index in [2.05, 4.69) is 28.7 Å². The number of rotatable bonds is 6. The van der Waals surface area contributed by atoms with E-state index in [1.165, 1.54) is 23.1 Å². The molecule has 0 spiro atoms. The van der Waals surface area contributed by atoms with Crippen molar-refractivity contribution >= 4 is 39.8 Å². The monoisotopic (exact) mass is 247 g/mol. The molecule has 0 atom stereocenters. The highest BCUT2D eigenvalue weighted by Crippen LogP contribution is 2.26. The van der Waals surface area contributed by atoms with E-state index in [0.717, 1.165) is 9.47 Å². The van der Waals surface area contributed by atoms with Crippen LogP contribution in [-0.4, -0.2) is 22.5 Å². The molecular formula is C8H10ClN3S2. The molecule has 0 aliphatic heterocycles. The van der Waals surface area contributed by atoms with Gasteiger partial charge < -0.3 is 5.32 Å². The lowest BCUT2D eigenvalue weighted by molar-refractivity contribution is 1.01. The maximum atomic E-state index is 5.63. The Bertz CT molecular complexity index is 324. The standard InChI is InChI=1S/C8H10ClN3S2/c1-3-4-10-7-11-12-8(14-7)13-5-6(2)9/h3H,1-2,4-5H2,(H,10,11). The molecule has 0 unspecified atom stereocenters. The van der Waals surface area contributed by atoms with Gasteiger partial charge in [0.15, 0.2) is 4.34 Å². The molecule has 1 aromatic heterocycles. The van der Waals surface area contributed by atoms with Crippen LogP contribution in [0.1, 0.15) is 0 Å². The van der Waals surface area contributed by atoms with E-state index >= 15 is 0 Å². The molecule has 0 fully saturated rings. The average molecular weight is 248 g/mol. The highest BCUT2D eigenvalue weighted by atomic mass is 35.5. The molecule has 0 aliphatic rings. The summed E-state index contributed by atoms with van der Waals surface area (Å²) in [6.45, 7) is 7.90. The van der Waals surface area contributed by atoms with Crippen molar-refractivity contribution in [3.8, 4) is 0 Å². The zero-order valence-electron chi connectivity index (χ0n) is 7.49. The van der Waals surface area contributed by atoms with Crippen molar-refractivity contribution in [2.45, 2.75) is 4.34 Å². The minimum atomic E-state index is 0.616. The smallest absolute Gasteiger partial charge is 0.206 e. The summed E-state index contributed by atoms with van der Waals surface area (Å²) in [5, 5.41) is 12.4. The van der Waals surface area contributed by atoms with Crippen LogP contribution in [0.25, 0.3) is 0 Å². The topological polar surface area (TPSA) is 37.8 Å². The lowest BCUT2D eigenvalue weighted by Crippen LogP contribution is -1.96. The Balaban J connectivity index is 2.42. The van der Waals surface area contributed by atoms with Crippen LogP contribution >= 0.6 is 34.7 Å². The fourth-order valence-corrected chi connectivity index (χ4v) is 2.31. The minimum absolute atomic E-state index is 0.616. The van der Waals surface area contributed by atoms with Crippen LogP contribution in [0.3, 0.4) is 0 Å². The van der Waals surface area contributed by atoms with Crippen molar-refractivity contribution in [2.75, 3.05) is 17.6 Å². The predicted molar refractivity (Wildman–Crippen MR) is 64.3 cm³/mol. The van der Waals surface area contributed by atoms with Gasteiger partial charge in [-0.3, -0.25) is 0 Å². The van der Waals surface area contributed by atoms with Crippen LogP contribution in [0.5, 0.6) is 0 Å². The Labute approximate surface area is 96.3 Å². The molecule has 6 heteroatoms. The number of anilines is 1. The molecular weight excluding hydrogens is 238 g/mol. The van der Waals surface area contributed by atoms with Gasteiger partial charge in [0.2, 0.25) is 5.13 Å². The van der Waals surface area contributed by atoms with Gasteiger partial charge in [0, 0.05) is 17.3 Å². The fraction of sp³-hybridized carbons (Fsp3) is 0.250. The van der Waals surface area contributed by atoms with Gasteiger partial charge in [0.25, 0.3) is 0 Å². The molecule has 0 amide bonds. The summed E-state index contributed by atoms with van der Waals surface area (Å²) in [6.07, 6.45) is 1.77. The van der Waals surface area contributed by atoms with Crippen LogP contribution in [-0.2, 0) is 0 Å². The summed E-state index contributed by atoms with van der Waals surface area (Å²) in [7, 11) is 0. The fourth-order valence-electron chi connectivity index (χ4n) is 0.639. The molecule has 0 aliphatic carbocycles. The Morgan fingerprint density at radius 1 is 1.64 bits per heavy atom. The Hall–Kier alpha value is -0.520. The van der Waals surface area contributed by atoms with Crippen molar-refractivity contribution in [1.29, 1.82) is 0 Å². The average Bonchev–Trinajstić information content (AvgIpc) is 2.59. The summed E-state index contributed by atoms with van der Waals surface area (Å²) >= 11 is 8.66. The third-order valence-corrected chi connectivity index (χ3v) is 3.55. The van der Waals surface area contributed by atoms with Crippen LogP contribution in [0, 0.1) is 0 Å². The van der Waals surface area contributed by atoms with Gasteiger partial charge in [-0.2, -0.15) is 0 Å². The molecule has 0 aromatic carbocycles. The first-order valence-corrected chi connectivity index (χ1v) is 6.04. The van der Waals surface area contributed by atoms with Gasteiger partial charge >= 0.3 is 0 Å². The second kappa shape index (κ2) is 6.06. The molecule has 0 saturated heterocycles. The molecule has 76 valence electrons. The largest absolute Gasteiger partial charge is 0.357 e. The first kappa shape index (κ1) is 11.6. The van der Waals surface area contributed by atoms with E-state index in [0.29, 0.717) is 17.3 Å². The Morgan fingerprint density at radius 2 is 2.43 bits per heavy atom. The van der Waals surface area contributed by atoms with Crippen LogP contribution in [0.4, 0.5) is 5.13 Å². The molecule has 0 bridgehead atoms. The van der Waals surface area contributed by atoms with Gasteiger partial charge in [0.1, 0.15) is 0 Å². The second-order valence-electron chi connectivity index (χ2n) is 2.35. The van der Waals surface area contributed by atoms with E-state index < -0.39 is 0 Å². The van der Waals surface area contributed by atoms with Gasteiger partial charge in [-0.1, -0.05) is 47.4 Å². The summed E-state index contributed by atoms with van der Waals surface area (Å²) in [6, 6.07) is 0. The highest BCUT2D eigenvalue weighted by molar-refractivity contribution is 8.01. The van der Waals surface area contributed by atoms with Crippen molar-refractivity contribution in [1.82, 2.24) is 10.2 Å². The maximum absolute atomic E-state index is 5.63. The van der Waals surface area contributed by atoms with Crippen LogP contribution in [0.15, 0.2) is 28.6 Å². The highest BCUT2D eigenvalue weighted by Gasteiger charge is 2.03. The molecule has 3 nitrogen and oxygen atoms in total. The Morgan fingerprint density at radius 3 is 3.07 bits per heavy atom. The number of halogens is 1. The first-order valence-electron chi connectivity index (χ1n) is 3.86. The normalized spacial score (nSPS) is 9.79. The lowest BCUT2D eigenvalue weighted by atomic mass is 10.6. The summed E-state index contributed by atoms with van der Waals surface area (Å²) in [5.74, 6) is 0.664. The molecule has 14 heavy (non-hydrogen) atoms. The van der Waals surface area contributed by atoms with Crippen LogP contribution < -0.4 is 5.32 Å². The van der Waals surface area contributed by atoms with E-state index in [4.69, 9.17) is 11.6 Å². The van der Waals surface area contributed by atoms with Gasteiger partial charge in [-0.05, 0) is 0 Å². The van der Waals surface area contributed by atoms with Crippen molar-refractivity contribution in [2.24, 2.45) is 0 Å². The molecule has 0 radical (unpaired) electrons. The predicted octanol–water partition coefficient (Wildman–Crippen LogP) is 2.98. The van der Waals surface area contributed by atoms with E-state index in [-0.39, 0.29) is 0 Å². The third-order valence-electron chi connectivity index (χ3n) is 1.16. The van der Waals surface area contributed by atoms with E-state index in [9.17, 15) is 0 Å². The maximum Gasteiger partial charge on any atom is 0.206 e. The molecule has 1 rings (SSSR count). The van der Waals surface area contributed by atoms with Crippen molar-refractivity contribution < 1.29 is 0 Å².